The van der Waals surface area contributed by atoms with Crippen LogP contribution in [0.15, 0.2) is 12.3 Å². The van der Waals surface area contributed by atoms with Gasteiger partial charge in [0, 0.05) is 12.6 Å². The van der Waals surface area contributed by atoms with Gasteiger partial charge in [-0.2, -0.15) is 5.10 Å². The van der Waals surface area contributed by atoms with Crippen LogP contribution in [0.25, 0.3) is 0 Å². The molecule has 0 aliphatic heterocycles. The summed E-state index contributed by atoms with van der Waals surface area (Å²) < 4.78 is 2.04. The fraction of sp³-hybridized carbons (Fsp3) is 0.800. The van der Waals surface area contributed by atoms with Gasteiger partial charge in [-0.05, 0) is 30.7 Å². The zero-order valence-electron chi connectivity index (χ0n) is 12.4. The molecule has 1 rings (SSSR count). The van der Waals surface area contributed by atoms with Gasteiger partial charge in [0.05, 0.1) is 17.8 Å². The Balaban J connectivity index is 2.64. The summed E-state index contributed by atoms with van der Waals surface area (Å²) in [6, 6.07) is 2.52. The van der Waals surface area contributed by atoms with Gasteiger partial charge >= 0.3 is 0 Å². The lowest BCUT2D eigenvalue weighted by Crippen LogP contribution is -2.24. The molecule has 2 unspecified atom stereocenters. The molecule has 1 N–H and O–H groups in total. The normalized spacial score (nSPS) is 15.3. The zero-order chi connectivity index (χ0) is 13.7. The molecule has 1 aromatic heterocycles. The van der Waals surface area contributed by atoms with Gasteiger partial charge in [0.25, 0.3) is 0 Å². The van der Waals surface area contributed by atoms with Crippen molar-refractivity contribution in [2.75, 3.05) is 0 Å². The van der Waals surface area contributed by atoms with E-state index < -0.39 is 0 Å². The molecule has 0 amide bonds. The van der Waals surface area contributed by atoms with Gasteiger partial charge in [-0.15, -0.1) is 0 Å². The molecule has 104 valence electrons. The second kappa shape index (κ2) is 6.93. The second-order valence-electron chi connectivity index (χ2n) is 5.63. The molecule has 0 saturated carbocycles. The predicted octanol–water partition coefficient (Wildman–Crippen LogP) is 3.44. The first kappa shape index (κ1) is 15.2. The second-order valence-corrected chi connectivity index (χ2v) is 5.63. The molecule has 18 heavy (non-hydrogen) atoms. The van der Waals surface area contributed by atoms with E-state index in [1.54, 1.807) is 0 Å². The topological polar surface area (TPSA) is 38.0 Å². The number of aliphatic hydroxyl groups is 1. The van der Waals surface area contributed by atoms with Gasteiger partial charge < -0.3 is 5.11 Å². The van der Waals surface area contributed by atoms with Crippen LogP contribution in [0.4, 0.5) is 0 Å². The van der Waals surface area contributed by atoms with Crippen molar-refractivity contribution in [1.29, 1.82) is 0 Å². The van der Waals surface area contributed by atoms with E-state index in [2.05, 4.69) is 39.7 Å². The first-order chi connectivity index (χ1) is 8.49. The van der Waals surface area contributed by atoms with Crippen molar-refractivity contribution in [3.05, 3.63) is 18.0 Å². The molecular weight excluding hydrogens is 224 g/mol. The maximum atomic E-state index is 10.2. The summed E-state index contributed by atoms with van der Waals surface area (Å²) in [5, 5.41) is 14.7. The van der Waals surface area contributed by atoms with E-state index in [-0.39, 0.29) is 6.10 Å². The number of rotatable bonds is 7. The quantitative estimate of drug-likeness (QED) is 0.807. The van der Waals surface area contributed by atoms with Gasteiger partial charge in [-0.25, -0.2) is 0 Å². The number of nitrogens with zero attached hydrogens (tertiary/aromatic N) is 2. The third-order valence-electron chi connectivity index (χ3n) is 4.06. The van der Waals surface area contributed by atoms with Gasteiger partial charge in [0.1, 0.15) is 0 Å². The van der Waals surface area contributed by atoms with E-state index in [1.807, 2.05) is 16.9 Å². The molecule has 0 radical (unpaired) electrons. The Bertz CT molecular complexity index is 342. The summed E-state index contributed by atoms with van der Waals surface area (Å²) in [7, 11) is 0. The number of hydrogen-bond donors (Lipinski definition) is 1. The lowest BCUT2D eigenvalue weighted by atomic mass is 9.90. The van der Waals surface area contributed by atoms with Gasteiger partial charge in [-0.3, -0.25) is 4.68 Å². The molecule has 0 bridgehead atoms. The molecule has 0 aliphatic carbocycles. The molecule has 0 aliphatic rings. The van der Waals surface area contributed by atoms with Crippen molar-refractivity contribution < 1.29 is 5.11 Å². The Morgan fingerprint density at radius 3 is 2.33 bits per heavy atom. The smallest absolute Gasteiger partial charge is 0.0650 e. The molecule has 3 heteroatoms. The minimum atomic E-state index is -0.296. The van der Waals surface area contributed by atoms with Gasteiger partial charge in [0.15, 0.2) is 0 Å². The van der Waals surface area contributed by atoms with Crippen molar-refractivity contribution in [3.63, 3.8) is 0 Å². The van der Waals surface area contributed by atoms with E-state index in [9.17, 15) is 5.11 Å². The Kier molecular flexibility index (Phi) is 5.86. The minimum absolute atomic E-state index is 0.296. The van der Waals surface area contributed by atoms with Crippen LogP contribution < -0.4 is 0 Å². The molecule has 0 spiro atoms. The standard InChI is InChI=1S/C15H28N2O/c1-6-14(7-2)17-9-8-13(16-17)10-15(18)12(5)11(3)4/h8-9,11-12,14-15,18H,6-7,10H2,1-5H3. The average Bonchev–Trinajstić information content (AvgIpc) is 2.78. The van der Waals surface area contributed by atoms with E-state index in [4.69, 9.17) is 0 Å². The maximum absolute atomic E-state index is 10.2. The fourth-order valence-electron chi connectivity index (χ4n) is 2.20. The van der Waals surface area contributed by atoms with E-state index in [0.717, 1.165) is 18.5 Å². The Morgan fingerprint density at radius 1 is 1.22 bits per heavy atom. The van der Waals surface area contributed by atoms with Crippen LogP contribution in [-0.4, -0.2) is 21.0 Å². The first-order valence-electron chi connectivity index (χ1n) is 7.21. The number of hydrogen-bond acceptors (Lipinski definition) is 2. The van der Waals surface area contributed by atoms with Gasteiger partial charge in [-0.1, -0.05) is 34.6 Å². The Hall–Kier alpha value is -0.830. The van der Waals surface area contributed by atoms with Crippen LogP contribution in [0.5, 0.6) is 0 Å². The summed E-state index contributed by atoms with van der Waals surface area (Å²) in [6.07, 6.45) is 4.60. The van der Waals surface area contributed by atoms with E-state index in [0.29, 0.717) is 24.3 Å². The molecule has 0 saturated heterocycles. The largest absolute Gasteiger partial charge is 0.392 e. The van der Waals surface area contributed by atoms with Crippen LogP contribution in [0, 0.1) is 11.8 Å². The molecule has 0 fully saturated rings. The Morgan fingerprint density at radius 2 is 1.83 bits per heavy atom. The van der Waals surface area contributed by atoms with E-state index in [1.165, 1.54) is 0 Å². The molecule has 0 aromatic carbocycles. The highest BCUT2D eigenvalue weighted by Crippen LogP contribution is 2.19. The van der Waals surface area contributed by atoms with Crippen molar-refractivity contribution in [3.8, 4) is 0 Å². The zero-order valence-corrected chi connectivity index (χ0v) is 12.4. The summed E-state index contributed by atoms with van der Waals surface area (Å²) >= 11 is 0. The molecule has 1 heterocycles. The van der Waals surface area contributed by atoms with Gasteiger partial charge in [0.2, 0.25) is 0 Å². The predicted molar refractivity (Wildman–Crippen MR) is 75.6 cm³/mol. The highest BCUT2D eigenvalue weighted by Gasteiger charge is 2.19. The molecule has 1 aromatic rings. The molecule has 2 atom stereocenters. The highest BCUT2D eigenvalue weighted by molar-refractivity contribution is 5.02. The number of aromatic nitrogens is 2. The summed E-state index contributed by atoms with van der Waals surface area (Å²) in [5.41, 5.74) is 1.00. The van der Waals surface area contributed by atoms with Crippen molar-refractivity contribution in [1.82, 2.24) is 9.78 Å². The van der Waals surface area contributed by atoms with Crippen LogP contribution in [0.3, 0.4) is 0 Å². The summed E-state index contributed by atoms with van der Waals surface area (Å²) in [5.74, 6) is 0.810. The fourth-order valence-corrected chi connectivity index (χ4v) is 2.20. The third kappa shape index (κ3) is 3.84. The summed E-state index contributed by atoms with van der Waals surface area (Å²) in [4.78, 5) is 0. The first-order valence-corrected chi connectivity index (χ1v) is 7.21. The van der Waals surface area contributed by atoms with Crippen LogP contribution in [0.1, 0.15) is 59.2 Å². The lowest BCUT2D eigenvalue weighted by molar-refractivity contribution is 0.0910. The van der Waals surface area contributed by atoms with Crippen LogP contribution >= 0.6 is 0 Å². The average molecular weight is 252 g/mol. The third-order valence-corrected chi connectivity index (χ3v) is 4.06. The number of aliphatic hydroxyl groups excluding tert-OH is 1. The monoisotopic (exact) mass is 252 g/mol. The lowest BCUT2D eigenvalue weighted by Gasteiger charge is -2.21. The Labute approximate surface area is 111 Å². The van der Waals surface area contributed by atoms with Crippen molar-refractivity contribution in [2.24, 2.45) is 11.8 Å². The highest BCUT2D eigenvalue weighted by atomic mass is 16.3. The van der Waals surface area contributed by atoms with Crippen LogP contribution in [-0.2, 0) is 6.42 Å². The molecular formula is C15H28N2O. The molecule has 3 nitrogen and oxygen atoms in total. The maximum Gasteiger partial charge on any atom is 0.0650 e. The van der Waals surface area contributed by atoms with Crippen LogP contribution in [0.2, 0.25) is 0 Å². The summed E-state index contributed by atoms with van der Waals surface area (Å²) in [6.45, 7) is 10.8. The van der Waals surface area contributed by atoms with Crippen molar-refractivity contribution >= 4 is 0 Å². The minimum Gasteiger partial charge on any atom is -0.392 e. The van der Waals surface area contributed by atoms with E-state index >= 15 is 0 Å². The van der Waals surface area contributed by atoms with Crippen molar-refractivity contribution in [2.45, 2.75) is 66.0 Å². The SMILES string of the molecule is CCC(CC)n1ccc(CC(O)C(C)C(C)C)n1.